The van der Waals surface area contributed by atoms with Gasteiger partial charge in [-0.3, -0.25) is 0 Å². The van der Waals surface area contributed by atoms with Crippen molar-refractivity contribution in [3.8, 4) is 0 Å². The topological polar surface area (TPSA) is 44.3 Å². The largest absolute Gasteiger partial charge is 1.00 e. The van der Waals surface area contributed by atoms with Crippen LogP contribution in [-0.2, 0) is 10.8 Å². The van der Waals surface area contributed by atoms with Gasteiger partial charge in [-0.05, 0) is 76.9 Å². The number of para-hydroxylation sites is 2. The molecule has 0 radical (unpaired) electrons. The fourth-order valence-corrected chi connectivity index (χ4v) is 6.39. The summed E-state index contributed by atoms with van der Waals surface area (Å²) in [6, 6.07) is 17.6. The third-order valence-corrected chi connectivity index (χ3v) is 8.74. The van der Waals surface area contributed by atoms with Gasteiger partial charge in [0.2, 0.25) is 5.69 Å². The van der Waals surface area contributed by atoms with Crippen molar-refractivity contribution in [1.29, 1.82) is 0 Å². The first-order valence-electron chi connectivity index (χ1n) is 15.5. The van der Waals surface area contributed by atoms with E-state index in [1.807, 2.05) is 0 Å². The van der Waals surface area contributed by atoms with Gasteiger partial charge in [0, 0.05) is 48.0 Å². The van der Waals surface area contributed by atoms with Crippen LogP contribution in [0.5, 0.6) is 0 Å². The number of fused-ring (bicyclic) bond motifs is 2. The molecule has 2 aromatic rings. The highest BCUT2D eigenvalue weighted by atomic mass is 127. The predicted molar refractivity (Wildman–Crippen MR) is 178 cm³/mol. The number of allylic oxidation sites excluding steroid dienone is 8. The highest BCUT2D eigenvalue weighted by Crippen LogP contribution is 2.46. The van der Waals surface area contributed by atoms with Gasteiger partial charge < -0.3 is 39.9 Å². The van der Waals surface area contributed by atoms with E-state index >= 15 is 0 Å². The molecular weight excluding hydrogens is 627 g/mol. The van der Waals surface area contributed by atoms with Gasteiger partial charge in [-0.25, -0.2) is 0 Å². The van der Waals surface area contributed by atoms with E-state index in [4.69, 9.17) is 5.73 Å². The summed E-state index contributed by atoms with van der Waals surface area (Å²) in [5, 5.41) is 3.56. The first kappa shape index (κ1) is 34.0. The number of benzene rings is 2. The standard InChI is InChI=1S/C37H51N4.HI/c1-36(2)30-20-12-14-22-32(30)40(5)34(36)24-10-7-6-8-11-25-35-37(3,4)31-21-13-15-23-33(31)41(35)29-19-9-17-27-39-28-18-16-26-38;/h6-8,10-15,20-25,39H,9,16-19,26-29,38H2,1-5H3;1H/q+1;/p-1. The van der Waals surface area contributed by atoms with Crippen LogP contribution in [0.1, 0.15) is 70.9 Å². The minimum atomic E-state index is -0.0145. The molecule has 42 heavy (non-hydrogen) atoms. The Kier molecular flexibility index (Phi) is 12.8. The second-order valence-corrected chi connectivity index (χ2v) is 12.4. The zero-order valence-electron chi connectivity index (χ0n) is 26.4. The first-order valence-corrected chi connectivity index (χ1v) is 15.5. The molecule has 2 aliphatic rings. The van der Waals surface area contributed by atoms with Crippen molar-refractivity contribution in [1.82, 2.24) is 5.32 Å². The van der Waals surface area contributed by atoms with Crippen molar-refractivity contribution >= 4 is 17.1 Å². The Morgan fingerprint density at radius 2 is 1.40 bits per heavy atom. The molecular formula is C37H51IN4. The molecule has 4 nitrogen and oxygen atoms in total. The molecule has 4 rings (SSSR count). The molecule has 2 aliphatic heterocycles. The van der Waals surface area contributed by atoms with Crippen LogP contribution < -0.4 is 39.9 Å². The Morgan fingerprint density at radius 3 is 2.14 bits per heavy atom. The van der Waals surface area contributed by atoms with Crippen LogP contribution in [0.3, 0.4) is 0 Å². The first-order chi connectivity index (χ1) is 19.8. The Labute approximate surface area is 272 Å². The second kappa shape index (κ2) is 15.8. The maximum absolute atomic E-state index is 5.59. The van der Waals surface area contributed by atoms with Crippen LogP contribution in [0, 0.1) is 0 Å². The van der Waals surface area contributed by atoms with Crippen LogP contribution in [-0.4, -0.2) is 43.5 Å². The molecule has 0 fully saturated rings. The number of nitrogens with zero attached hydrogens (tertiary/aromatic N) is 2. The lowest BCUT2D eigenvalue weighted by Crippen LogP contribution is -3.00. The number of rotatable bonds is 14. The molecule has 0 saturated heterocycles. The van der Waals surface area contributed by atoms with Crippen molar-refractivity contribution in [2.75, 3.05) is 38.1 Å². The Hall–Kier alpha value is -2.48. The zero-order valence-corrected chi connectivity index (χ0v) is 28.5. The number of nitrogens with two attached hydrogens (primary N) is 1. The van der Waals surface area contributed by atoms with Crippen LogP contribution in [0.25, 0.3) is 0 Å². The molecule has 0 spiro atoms. The van der Waals surface area contributed by atoms with Gasteiger partial charge in [-0.1, -0.05) is 80.6 Å². The van der Waals surface area contributed by atoms with Gasteiger partial charge in [0.1, 0.15) is 6.54 Å². The van der Waals surface area contributed by atoms with Gasteiger partial charge in [-0.15, -0.1) is 0 Å². The number of unbranched alkanes of at least 4 members (excludes halogenated alkanes) is 3. The summed E-state index contributed by atoms with van der Waals surface area (Å²) in [6.45, 7) is 13.3. The maximum atomic E-state index is 5.59. The Bertz CT molecular complexity index is 1330. The molecule has 2 aromatic carbocycles. The molecule has 0 aliphatic carbocycles. The van der Waals surface area contributed by atoms with E-state index in [1.54, 1.807) is 0 Å². The van der Waals surface area contributed by atoms with Crippen LogP contribution in [0.4, 0.5) is 11.4 Å². The normalized spacial score (nSPS) is 18.0. The summed E-state index contributed by atoms with van der Waals surface area (Å²) >= 11 is 0. The van der Waals surface area contributed by atoms with Crippen molar-refractivity contribution in [2.24, 2.45) is 5.73 Å². The predicted octanol–water partition coefficient (Wildman–Crippen LogP) is 4.55. The fourth-order valence-electron chi connectivity index (χ4n) is 6.39. The number of anilines is 1. The second-order valence-electron chi connectivity index (χ2n) is 12.4. The molecule has 0 saturated carbocycles. The number of hydrogen-bond donors (Lipinski definition) is 2. The molecule has 226 valence electrons. The molecule has 0 aromatic heterocycles. The third-order valence-electron chi connectivity index (χ3n) is 8.74. The van der Waals surface area contributed by atoms with E-state index in [0.29, 0.717) is 0 Å². The van der Waals surface area contributed by atoms with E-state index in [-0.39, 0.29) is 34.8 Å². The summed E-state index contributed by atoms with van der Waals surface area (Å²) in [5.74, 6) is 0. The molecule has 0 unspecified atom stereocenters. The lowest BCUT2D eigenvalue weighted by molar-refractivity contribution is -0.438. The number of hydrogen-bond acceptors (Lipinski definition) is 3. The van der Waals surface area contributed by atoms with Crippen LogP contribution in [0.2, 0.25) is 0 Å². The molecule has 3 N–H and O–H groups in total. The number of nitrogens with one attached hydrogen (secondary N) is 1. The lowest BCUT2D eigenvalue weighted by Gasteiger charge is -2.23. The smallest absolute Gasteiger partial charge is 0.209 e. The SMILES string of the molecule is CN1/C(=C/C=C/C=C/C=C/C2=[N+](CCCCCNCCCCN)c3ccccc3C2(C)C)C(C)(C)c2ccccc21.[I-]. The molecule has 0 amide bonds. The van der Waals surface area contributed by atoms with Crippen molar-refractivity contribution in [3.63, 3.8) is 0 Å². The summed E-state index contributed by atoms with van der Waals surface area (Å²) in [5.41, 5.74) is 13.7. The van der Waals surface area contributed by atoms with Crippen molar-refractivity contribution in [3.05, 3.63) is 108 Å². The molecule has 0 bridgehead atoms. The van der Waals surface area contributed by atoms with Crippen LogP contribution in [0.15, 0.2) is 96.8 Å². The summed E-state index contributed by atoms with van der Waals surface area (Å²) < 4.78 is 2.55. The van der Waals surface area contributed by atoms with Crippen LogP contribution >= 0.6 is 0 Å². The van der Waals surface area contributed by atoms with Gasteiger partial charge in [0.15, 0.2) is 5.71 Å². The van der Waals surface area contributed by atoms with E-state index in [0.717, 1.165) is 32.6 Å². The van der Waals surface area contributed by atoms with E-state index in [2.05, 4.69) is 141 Å². The average molecular weight is 679 g/mol. The van der Waals surface area contributed by atoms with Crippen molar-refractivity contribution in [2.45, 2.75) is 70.6 Å². The van der Waals surface area contributed by atoms with E-state index < -0.39 is 0 Å². The number of halogens is 1. The third kappa shape index (κ3) is 7.72. The number of likely N-dealkylation sites (N-methyl/N-ethyl adjacent to an activating group) is 1. The summed E-state index contributed by atoms with van der Waals surface area (Å²) in [4.78, 5) is 2.31. The Balaban J connectivity index is 0.00000484. The highest BCUT2D eigenvalue weighted by molar-refractivity contribution is 6.03. The summed E-state index contributed by atoms with van der Waals surface area (Å²) in [7, 11) is 2.16. The Morgan fingerprint density at radius 1 is 0.762 bits per heavy atom. The van der Waals surface area contributed by atoms with Crippen molar-refractivity contribution < 1.29 is 28.6 Å². The summed E-state index contributed by atoms with van der Waals surface area (Å²) in [6.07, 6.45) is 21.2. The minimum Gasteiger partial charge on any atom is -1.00 e. The lowest BCUT2D eigenvalue weighted by atomic mass is 9.81. The quantitative estimate of drug-likeness (QED) is 0.134. The van der Waals surface area contributed by atoms with E-state index in [1.165, 1.54) is 59.6 Å². The average Bonchev–Trinajstić information content (AvgIpc) is 3.30. The van der Waals surface area contributed by atoms with Gasteiger partial charge >= 0.3 is 0 Å². The monoisotopic (exact) mass is 678 g/mol. The fraction of sp³-hybridized carbons (Fsp3) is 0.432. The maximum Gasteiger partial charge on any atom is 0.209 e. The molecule has 0 atom stereocenters. The highest BCUT2D eigenvalue weighted by Gasteiger charge is 2.43. The van der Waals surface area contributed by atoms with E-state index in [9.17, 15) is 0 Å². The molecule has 5 heteroatoms. The van der Waals surface area contributed by atoms with Gasteiger partial charge in [-0.2, -0.15) is 4.58 Å². The minimum absolute atomic E-state index is 0. The zero-order chi connectivity index (χ0) is 29.3. The molecule has 2 heterocycles. The van der Waals surface area contributed by atoms with Gasteiger partial charge in [0.25, 0.3) is 0 Å². The van der Waals surface area contributed by atoms with Gasteiger partial charge in [0.05, 0.1) is 5.41 Å².